The molecule has 0 aliphatic carbocycles. The zero-order valence-corrected chi connectivity index (χ0v) is 13.0. The molecule has 0 aliphatic rings. The van der Waals surface area contributed by atoms with Gasteiger partial charge in [0.2, 0.25) is 5.91 Å². The number of rotatable bonds is 5. The summed E-state index contributed by atoms with van der Waals surface area (Å²) in [4.78, 5) is 11.7. The third kappa shape index (κ3) is 3.84. The lowest BCUT2D eigenvalue weighted by Crippen LogP contribution is -2.17. The normalized spacial score (nSPS) is 10.7. The molecular weight excluding hydrogens is 264 g/mol. The van der Waals surface area contributed by atoms with Gasteiger partial charge in [-0.1, -0.05) is 19.9 Å². The number of benzene rings is 1. The van der Waals surface area contributed by atoms with Crippen LogP contribution in [0, 0.1) is 12.8 Å². The third-order valence-electron chi connectivity index (χ3n) is 3.47. The number of amides is 1. The van der Waals surface area contributed by atoms with E-state index in [1.165, 1.54) is 0 Å². The molecule has 112 valence electrons. The Morgan fingerprint density at radius 1 is 1.33 bits per heavy atom. The van der Waals surface area contributed by atoms with Crippen molar-refractivity contribution in [1.82, 2.24) is 9.78 Å². The molecule has 5 nitrogen and oxygen atoms in total. The molecule has 2 N–H and O–H groups in total. The quantitative estimate of drug-likeness (QED) is 0.888. The van der Waals surface area contributed by atoms with E-state index in [0.717, 1.165) is 22.6 Å². The van der Waals surface area contributed by atoms with Crippen LogP contribution in [-0.4, -0.2) is 15.7 Å². The van der Waals surface area contributed by atoms with Crippen LogP contribution in [0.1, 0.15) is 25.1 Å². The van der Waals surface area contributed by atoms with E-state index in [1.807, 2.05) is 63.0 Å². The maximum absolute atomic E-state index is 11.7. The first-order chi connectivity index (χ1) is 9.97. The highest BCUT2D eigenvalue weighted by Crippen LogP contribution is 2.17. The van der Waals surface area contributed by atoms with Gasteiger partial charge in [0.25, 0.3) is 0 Å². The van der Waals surface area contributed by atoms with Crippen molar-refractivity contribution in [2.75, 3.05) is 10.6 Å². The zero-order chi connectivity index (χ0) is 15.4. The van der Waals surface area contributed by atoms with Gasteiger partial charge in [-0.05, 0) is 25.1 Å². The molecule has 0 saturated carbocycles. The minimum absolute atomic E-state index is 0.0234. The maximum Gasteiger partial charge on any atom is 0.226 e. The predicted molar refractivity (Wildman–Crippen MR) is 85.2 cm³/mol. The van der Waals surface area contributed by atoms with Gasteiger partial charge in [-0.25, -0.2) is 0 Å². The minimum atomic E-state index is -0.0281. The number of anilines is 2. The highest BCUT2D eigenvalue weighted by Gasteiger charge is 2.07. The lowest BCUT2D eigenvalue weighted by atomic mass is 10.2. The molecular formula is C16H22N4O. The average Bonchev–Trinajstić information content (AvgIpc) is 2.77. The van der Waals surface area contributed by atoms with Crippen LogP contribution in [-0.2, 0) is 18.4 Å². The maximum atomic E-state index is 11.7. The van der Waals surface area contributed by atoms with Crippen LogP contribution in [0.25, 0.3) is 0 Å². The summed E-state index contributed by atoms with van der Waals surface area (Å²) in [5.41, 5.74) is 4.09. The highest BCUT2D eigenvalue weighted by atomic mass is 16.1. The molecule has 1 aromatic heterocycles. The van der Waals surface area contributed by atoms with Gasteiger partial charge < -0.3 is 10.6 Å². The van der Waals surface area contributed by atoms with Gasteiger partial charge in [0, 0.05) is 42.1 Å². The second kappa shape index (κ2) is 6.43. The fourth-order valence-electron chi connectivity index (χ4n) is 1.91. The summed E-state index contributed by atoms with van der Waals surface area (Å²) in [6, 6.07) is 7.73. The first kappa shape index (κ1) is 15.1. The molecule has 1 heterocycles. The first-order valence-corrected chi connectivity index (χ1v) is 7.09. The Kier molecular flexibility index (Phi) is 4.62. The lowest BCUT2D eigenvalue weighted by Gasteiger charge is -2.10. The molecule has 2 aromatic rings. The standard InChI is InChI=1S/C16H22N4O/c1-11(2)16(21)19-15-7-5-6-14(8-15)17-9-13-10-18-20(4)12(13)3/h5-8,10-11,17H,9H2,1-4H3,(H,19,21). The van der Waals surface area contributed by atoms with Crippen molar-refractivity contribution in [2.24, 2.45) is 13.0 Å². The zero-order valence-electron chi connectivity index (χ0n) is 13.0. The molecule has 0 atom stereocenters. The molecule has 0 unspecified atom stereocenters. The van der Waals surface area contributed by atoms with Crippen LogP contribution in [0.2, 0.25) is 0 Å². The van der Waals surface area contributed by atoms with Gasteiger partial charge in [0.15, 0.2) is 0 Å². The number of nitrogens with zero attached hydrogens (tertiary/aromatic N) is 2. The van der Waals surface area contributed by atoms with Crippen LogP contribution >= 0.6 is 0 Å². The summed E-state index contributed by atoms with van der Waals surface area (Å²) in [5.74, 6) is -0.00471. The molecule has 5 heteroatoms. The molecule has 21 heavy (non-hydrogen) atoms. The van der Waals surface area contributed by atoms with Crippen LogP contribution in [0.5, 0.6) is 0 Å². The molecule has 2 rings (SSSR count). The largest absolute Gasteiger partial charge is 0.381 e. The second-order valence-electron chi connectivity index (χ2n) is 5.46. The average molecular weight is 286 g/mol. The first-order valence-electron chi connectivity index (χ1n) is 7.09. The van der Waals surface area contributed by atoms with Crippen molar-refractivity contribution >= 4 is 17.3 Å². The number of hydrogen-bond donors (Lipinski definition) is 2. The number of carbonyl (C=O) groups is 1. The molecule has 0 fully saturated rings. The summed E-state index contributed by atoms with van der Waals surface area (Å²) in [6.45, 7) is 6.51. The van der Waals surface area contributed by atoms with Crippen LogP contribution < -0.4 is 10.6 Å². The highest BCUT2D eigenvalue weighted by molar-refractivity contribution is 5.92. The Labute approximate surface area is 125 Å². The van der Waals surface area contributed by atoms with Crippen molar-refractivity contribution in [2.45, 2.75) is 27.3 Å². The van der Waals surface area contributed by atoms with Crippen molar-refractivity contribution in [3.8, 4) is 0 Å². The van der Waals surface area contributed by atoms with Gasteiger partial charge in [-0.3, -0.25) is 9.48 Å². The minimum Gasteiger partial charge on any atom is -0.381 e. The molecule has 0 radical (unpaired) electrons. The van der Waals surface area contributed by atoms with E-state index in [0.29, 0.717) is 6.54 Å². The number of aromatic nitrogens is 2. The Morgan fingerprint density at radius 3 is 2.67 bits per heavy atom. The van der Waals surface area contributed by atoms with Gasteiger partial charge in [-0.2, -0.15) is 5.10 Å². The van der Waals surface area contributed by atoms with Crippen molar-refractivity contribution in [3.63, 3.8) is 0 Å². The molecule has 1 amide bonds. The predicted octanol–water partition coefficient (Wildman–Crippen LogP) is 2.94. The van der Waals surface area contributed by atoms with Gasteiger partial charge >= 0.3 is 0 Å². The Balaban J connectivity index is 2.01. The van der Waals surface area contributed by atoms with E-state index >= 15 is 0 Å². The fraction of sp³-hybridized carbons (Fsp3) is 0.375. The van der Waals surface area contributed by atoms with Crippen LogP contribution in [0.4, 0.5) is 11.4 Å². The van der Waals surface area contributed by atoms with E-state index in [1.54, 1.807) is 0 Å². The molecule has 0 bridgehead atoms. The smallest absolute Gasteiger partial charge is 0.226 e. The third-order valence-corrected chi connectivity index (χ3v) is 3.47. The Morgan fingerprint density at radius 2 is 2.05 bits per heavy atom. The molecule has 1 aromatic carbocycles. The Hall–Kier alpha value is -2.30. The van der Waals surface area contributed by atoms with E-state index in [4.69, 9.17) is 0 Å². The summed E-state index contributed by atoms with van der Waals surface area (Å²) < 4.78 is 1.86. The molecule has 0 saturated heterocycles. The summed E-state index contributed by atoms with van der Waals surface area (Å²) >= 11 is 0. The summed E-state index contributed by atoms with van der Waals surface area (Å²) in [7, 11) is 1.93. The second-order valence-corrected chi connectivity index (χ2v) is 5.46. The van der Waals surface area contributed by atoms with E-state index in [2.05, 4.69) is 15.7 Å². The molecule has 0 aliphatic heterocycles. The Bertz CT molecular complexity index is 631. The van der Waals surface area contributed by atoms with E-state index < -0.39 is 0 Å². The number of aryl methyl sites for hydroxylation is 1. The number of nitrogens with one attached hydrogen (secondary N) is 2. The van der Waals surface area contributed by atoms with Gasteiger partial charge in [-0.15, -0.1) is 0 Å². The summed E-state index contributed by atoms with van der Waals surface area (Å²) in [5, 5.41) is 10.5. The van der Waals surface area contributed by atoms with E-state index in [-0.39, 0.29) is 11.8 Å². The van der Waals surface area contributed by atoms with Crippen molar-refractivity contribution in [1.29, 1.82) is 0 Å². The SMILES string of the molecule is Cc1c(CNc2cccc(NC(=O)C(C)C)c2)cnn1C. The van der Waals surface area contributed by atoms with E-state index in [9.17, 15) is 4.79 Å². The van der Waals surface area contributed by atoms with Crippen LogP contribution in [0.15, 0.2) is 30.5 Å². The van der Waals surface area contributed by atoms with Gasteiger partial charge in [0.05, 0.1) is 6.20 Å². The monoisotopic (exact) mass is 286 g/mol. The van der Waals surface area contributed by atoms with Gasteiger partial charge in [0.1, 0.15) is 0 Å². The summed E-state index contributed by atoms with van der Waals surface area (Å²) in [6.07, 6.45) is 1.87. The topological polar surface area (TPSA) is 58.9 Å². The van der Waals surface area contributed by atoms with Crippen LogP contribution in [0.3, 0.4) is 0 Å². The number of carbonyl (C=O) groups excluding carboxylic acids is 1. The number of hydrogen-bond acceptors (Lipinski definition) is 3. The van der Waals surface area contributed by atoms with Crippen molar-refractivity contribution in [3.05, 3.63) is 41.7 Å². The fourth-order valence-corrected chi connectivity index (χ4v) is 1.91. The lowest BCUT2D eigenvalue weighted by molar-refractivity contribution is -0.118. The van der Waals surface area contributed by atoms with Crippen molar-refractivity contribution < 1.29 is 4.79 Å². The molecule has 0 spiro atoms.